The highest BCUT2D eigenvalue weighted by atomic mass is 35.5. The molecule has 2 heterocycles. The first-order valence-corrected chi connectivity index (χ1v) is 7.26. The van der Waals surface area contributed by atoms with Crippen molar-refractivity contribution in [2.75, 3.05) is 18.4 Å². The molecule has 0 aromatic carbocycles. The van der Waals surface area contributed by atoms with Gasteiger partial charge in [0.1, 0.15) is 0 Å². The van der Waals surface area contributed by atoms with Crippen LogP contribution >= 0.6 is 11.6 Å². The van der Waals surface area contributed by atoms with Crippen LogP contribution in [-0.4, -0.2) is 40.1 Å². The number of carbonyl (C=O) groups excluding carboxylic acids is 1. The van der Waals surface area contributed by atoms with E-state index < -0.39 is 6.09 Å². The van der Waals surface area contributed by atoms with Crippen molar-refractivity contribution >= 4 is 29.4 Å². The zero-order valence-electron chi connectivity index (χ0n) is 12.1. The monoisotopic (exact) mass is 321 g/mol. The molecule has 0 bridgehead atoms. The molecule has 116 valence electrons. The fourth-order valence-electron chi connectivity index (χ4n) is 2.31. The van der Waals surface area contributed by atoms with Gasteiger partial charge < -0.3 is 10.0 Å². The molecule has 1 unspecified atom stereocenters. The smallest absolute Gasteiger partial charge is 0.410 e. The molecule has 7 heteroatoms. The van der Waals surface area contributed by atoms with Crippen LogP contribution in [0.25, 0.3) is 0 Å². The second-order valence-corrected chi connectivity index (χ2v) is 5.43. The van der Waals surface area contributed by atoms with Crippen molar-refractivity contribution in [2.24, 2.45) is 5.92 Å². The lowest BCUT2D eigenvalue weighted by atomic mass is 9.98. The van der Waals surface area contributed by atoms with Crippen LogP contribution in [0.15, 0.2) is 12.3 Å². The topological polar surface area (TPSA) is 82.5 Å². The third kappa shape index (κ3) is 4.12. The van der Waals surface area contributed by atoms with Crippen molar-refractivity contribution in [3.8, 4) is 11.8 Å². The van der Waals surface area contributed by atoms with E-state index in [4.69, 9.17) is 16.7 Å². The molecule has 1 aromatic heterocycles. The Morgan fingerprint density at radius 1 is 1.55 bits per heavy atom. The normalized spacial score (nSPS) is 17.4. The summed E-state index contributed by atoms with van der Waals surface area (Å²) < 4.78 is 0. The number of rotatable bonds is 1. The molecular weight excluding hydrogens is 306 g/mol. The van der Waals surface area contributed by atoms with E-state index in [1.165, 1.54) is 6.20 Å². The van der Waals surface area contributed by atoms with Gasteiger partial charge in [0.05, 0.1) is 10.6 Å². The van der Waals surface area contributed by atoms with E-state index in [9.17, 15) is 9.59 Å². The first-order valence-electron chi connectivity index (χ1n) is 6.89. The highest BCUT2D eigenvalue weighted by molar-refractivity contribution is 6.32. The number of halogens is 1. The van der Waals surface area contributed by atoms with Gasteiger partial charge in [0.25, 0.3) is 0 Å². The molecule has 1 fully saturated rings. The number of nitrogens with one attached hydrogen (secondary N) is 1. The summed E-state index contributed by atoms with van der Waals surface area (Å²) in [6.07, 6.45) is 1.99. The number of pyridine rings is 1. The van der Waals surface area contributed by atoms with E-state index in [1.807, 2.05) is 0 Å². The number of anilines is 1. The number of hydrogen-bond acceptors (Lipinski definition) is 3. The Morgan fingerprint density at radius 3 is 3.00 bits per heavy atom. The van der Waals surface area contributed by atoms with Crippen molar-refractivity contribution in [3.05, 3.63) is 22.8 Å². The average molecular weight is 322 g/mol. The van der Waals surface area contributed by atoms with E-state index >= 15 is 0 Å². The zero-order valence-corrected chi connectivity index (χ0v) is 12.9. The van der Waals surface area contributed by atoms with Gasteiger partial charge in [-0.25, -0.2) is 9.78 Å². The Hall–Kier alpha value is -2.26. The maximum atomic E-state index is 11.4. The van der Waals surface area contributed by atoms with Gasteiger partial charge in [-0.3, -0.25) is 10.1 Å². The molecule has 0 spiro atoms. The summed E-state index contributed by atoms with van der Waals surface area (Å²) in [7, 11) is 0. The largest absolute Gasteiger partial charge is 0.465 e. The molecule has 1 atom stereocenters. The SMILES string of the molecule is CC(=O)N1CCCC(C#Cc2c(Cl)ccnc2NC(=O)O)C1. The molecule has 0 aliphatic carbocycles. The Labute approximate surface area is 133 Å². The Bertz CT molecular complexity index is 651. The van der Waals surface area contributed by atoms with Gasteiger partial charge in [-0.2, -0.15) is 0 Å². The van der Waals surface area contributed by atoms with Gasteiger partial charge in [0, 0.05) is 32.1 Å². The van der Waals surface area contributed by atoms with Crippen LogP contribution in [0.3, 0.4) is 0 Å². The van der Waals surface area contributed by atoms with Crippen LogP contribution in [0.1, 0.15) is 25.3 Å². The summed E-state index contributed by atoms with van der Waals surface area (Å²) in [4.78, 5) is 27.9. The molecule has 2 N–H and O–H groups in total. The first kappa shape index (κ1) is 16.1. The van der Waals surface area contributed by atoms with E-state index in [2.05, 4.69) is 22.1 Å². The standard InChI is InChI=1S/C15H16ClN3O3/c1-10(20)19-8-2-3-11(9-19)4-5-12-13(16)6-7-17-14(12)18-15(21)22/h6-7,11H,2-3,8-9H2,1H3,(H,17,18)(H,21,22). The summed E-state index contributed by atoms with van der Waals surface area (Å²) in [5.41, 5.74) is 0.353. The maximum absolute atomic E-state index is 11.4. The minimum absolute atomic E-state index is 0.0409. The lowest BCUT2D eigenvalue weighted by molar-refractivity contribution is -0.130. The molecule has 0 radical (unpaired) electrons. The predicted molar refractivity (Wildman–Crippen MR) is 82.8 cm³/mol. The van der Waals surface area contributed by atoms with E-state index in [0.717, 1.165) is 19.4 Å². The predicted octanol–water partition coefficient (Wildman–Crippen LogP) is 2.43. The number of nitrogens with zero attached hydrogens (tertiary/aromatic N) is 2. The Balaban J connectivity index is 2.20. The van der Waals surface area contributed by atoms with Gasteiger partial charge in [-0.15, -0.1) is 0 Å². The summed E-state index contributed by atoms with van der Waals surface area (Å²) >= 11 is 6.07. The number of carbonyl (C=O) groups is 2. The molecule has 2 amide bonds. The maximum Gasteiger partial charge on any atom is 0.410 e. The summed E-state index contributed by atoms with van der Waals surface area (Å²) in [5.74, 6) is 6.19. The van der Waals surface area contributed by atoms with Crippen molar-refractivity contribution in [1.29, 1.82) is 0 Å². The quantitative estimate of drug-likeness (QED) is 0.778. The van der Waals surface area contributed by atoms with Crippen LogP contribution in [0.4, 0.5) is 10.6 Å². The second kappa shape index (κ2) is 7.14. The summed E-state index contributed by atoms with van der Waals surface area (Å²) in [6.45, 7) is 2.89. The van der Waals surface area contributed by atoms with Crippen molar-refractivity contribution in [3.63, 3.8) is 0 Å². The number of likely N-dealkylation sites (tertiary alicyclic amines) is 1. The number of amides is 2. The van der Waals surface area contributed by atoms with Gasteiger partial charge >= 0.3 is 6.09 Å². The van der Waals surface area contributed by atoms with E-state index in [0.29, 0.717) is 17.1 Å². The lowest BCUT2D eigenvalue weighted by Crippen LogP contribution is -2.38. The first-order chi connectivity index (χ1) is 10.5. The summed E-state index contributed by atoms with van der Waals surface area (Å²) in [5, 5.41) is 11.3. The van der Waals surface area contributed by atoms with Crippen molar-refractivity contribution in [1.82, 2.24) is 9.88 Å². The third-order valence-electron chi connectivity index (χ3n) is 3.39. The fraction of sp³-hybridized carbons (Fsp3) is 0.400. The second-order valence-electron chi connectivity index (χ2n) is 5.02. The molecule has 2 rings (SSSR count). The third-order valence-corrected chi connectivity index (χ3v) is 3.71. The Kier molecular flexibility index (Phi) is 5.23. The number of carboxylic acid groups (broad SMARTS) is 1. The molecule has 22 heavy (non-hydrogen) atoms. The molecule has 1 aliphatic rings. The van der Waals surface area contributed by atoms with Crippen molar-refractivity contribution in [2.45, 2.75) is 19.8 Å². The minimum atomic E-state index is -1.22. The molecular formula is C15H16ClN3O3. The van der Waals surface area contributed by atoms with Crippen LogP contribution < -0.4 is 5.32 Å². The molecule has 6 nitrogen and oxygen atoms in total. The van der Waals surface area contributed by atoms with Crippen molar-refractivity contribution < 1.29 is 14.7 Å². The zero-order chi connectivity index (χ0) is 16.1. The lowest BCUT2D eigenvalue weighted by Gasteiger charge is -2.29. The Morgan fingerprint density at radius 2 is 2.32 bits per heavy atom. The van der Waals surface area contributed by atoms with Gasteiger partial charge in [0.2, 0.25) is 5.91 Å². The minimum Gasteiger partial charge on any atom is -0.465 e. The number of piperidine rings is 1. The van der Waals surface area contributed by atoms with E-state index in [1.54, 1.807) is 17.9 Å². The number of hydrogen-bond donors (Lipinski definition) is 2. The molecule has 1 aliphatic heterocycles. The van der Waals surface area contributed by atoms with E-state index in [-0.39, 0.29) is 17.6 Å². The highest BCUT2D eigenvalue weighted by Gasteiger charge is 2.20. The van der Waals surface area contributed by atoms with Crippen LogP contribution in [0, 0.1) is 17.8 Å². The average Bonchev–Trinajstić information content (AvgIpc) is 2.46. The van der Waals surface area contributed by atoms with Crippen LogP contribution in [0.5, 0.6) is 0 Å². The molecule has 1 saturated heterocycles. The number of aromatic nitrogens is 1. The van der Waals surface area contributed by atoms with Crippen LogP contribution in [0.2, 0.25) is 5.02 Å². The highest BCUT2D eigenvalue weighted by Crippen LogP contribution is 2.22. The van der Waals surface area contributed by atoms with Crippen LogP contribution in [-0.2, 0) is 4.79 Å². The van der Waals surface area contributed by atoms with Gasteiger partial charge in [0.15, 0.2) is 5.82 Å². The van der Waals surface area contributed by atoms with Gasteiger partial charge in [-0.1, -0.05) is 23.4 Å². The molecule has 1 aromatic rings. The van der Waals surface area contributed by atoms with Gasteiger partial charge in [-0.05, 0) is 18.9 Å². The fourth-order valence-corrected chi connectivity index (χ4v) is 2.50. The molecule has 0 saturated carbocycles. The summed E-state index contributed by atoms with van der Waals surface area (Å²) in [6, 6.07) is 1.56.